The summed E-state index contributed by atoms with van der Waals surface area (Å²) in [6.07, 6.45) is 3.13. The predicted molar refractivity (Wildman–Crippen MR) is 81.3 cm³/mol. The molecule has 1 unspecified atom stereocenters. The Morgan fingerprint density at radius 2 is 1.80 bits per heavy atom. The highest BCUT2D eigenvalue weighted by Gasteiger charge is 2.22. The van der Waals surface area contributed by atoms with Crippen molar-refractivity contribution in [3.8, 4) is 0 Å². The fraction of sp³-hybridized carbons (Fsp3) is 0.222. The smallest absolute Gasteiger partial charge is 0.114 e. The quantitative estimate of drug-likeness (QED) is 0.912. The minimum Gasteiger partial charge on any atom is -0.492 e. The molecule has 0 aliphatic heterocycles. The largest absolute Gasteiger partial charge is 0.492 e. The number of ether oxygens (including phenoxy) is 1. The first-order valence-electron chi connectivity index (χ1n) is 7.00. The highest BCUT2D eigenvalue weighted by molar-refractivity contribution is 5.39. The normalized spacial score (nSPS) is 17.2. The summed E-state index contributed by atoms with van der Waals surface area (Å²) in [4.78, 5) is 0. The number of hydrogen-bond acceptors (Lipinski definition) is 2. The molecular weight excluding hydrogens is 246 g/mol. The van der Waals surface area contributed by atoms with Gasteiger partial charge in [0.1, 0.15) is 12.4 Å². The Balaban J connectivity index is 1.76. The first-order valence-corrected chi connectivity index (χ1v) is 7.00. The monoisotopic (exact) mass is 265 g/mol. The second kappa shape index (κ2) is 5.93. The van der Waals surface area contributed by atoms with Crippen molar-refractivity contribution in [2.45, 2.75) is 19.1 Å². The van der Waals surface area contributed by atoms with E-state index in [2.05, 4.69) is 47.8 Å². The van der Waals surface area contributed by atoms with E-state index in [0.29, 0.717) is 6.61 Å². The molecule has 2 heteroatoms. The number of likely N-dealkylation sites (N-methyl/N-ethyl adjacent to an activating group) is 1. The summed E-state index contributed by atoms with van der Waals surface area (Å²) in [6.45, 7) is 0.618. The fourth-order valence-corrected chi connectivity index (χ4v) is 2.66. The van der Waals surface area contributed by atoms with Crippen LogP contribution in [0.5, 0.6) is 0 Å². The average molecular weight is 265 g/mol. The minimum absolute atomic E-state index is 0.156. The van der Waals surface area contributed by atoms with Gasteiger partial charge in [-0.25, -0.2) is 0 Å². The van der Waals surface area contributed by atoms with Crippen LogP contribution in [0, 0.1) is 0 Å². The van der Waals surface area contributed by atoms with E-state index in [0.717, 1.165) is 12.2 Å². The van der Waals surface area contributed by atoms with Crippen molar-refractivity contribution in [1.29, 1.82) is 0 Å². The molecule has 3 rings (SSSR count). The van der Waals surface area contributed by atoms with Gasteiger partial charge >= 0.3 is 0 Å². The van der Waals surface area contributed by atoms with Crippen LogP contribution >= 0.6 is 0 Å². The predicted octanol–water partition coefficient (Wildman–Crippen LogP) is 3.60. The number of rotatable bonds is 4. The summed E-state index contributed by atoms with van der Waals surface area (Å²) in [7, 11) is 1.98. The highest BCUT2D eigenvalue weighted by Crippen LogP contribution is 2.31. The first kappa shape index (κ1) is 12.9. The van der Waals surface area contributed by atoms with Gasteiger partial charge in [-0.15, -0.1) is 0 Å². The molecule has 2 aromatic rings. The maximum Gasteiger partial charge on any atom is 0.114 e. The molecule has 0 heterocycles. The molecule has 0 bridgehead atoms. The van der Waals surface area contributed by atoms with Gasteiger partial charge in [-0.3, -0.25) is 0 Å². The van der Waals surface area contributed by atoms with Crippen molar-refractivity contribution in [2.75, 3.05) is 7.05 Å². The van der Waals surface area contributed by atoms with Gasteiger partial charge in [0.2, 0.25) is 0 Å². The molecular formula is C18H19NO. The number of benzene rings is 2. The SMILES string of the molecule is CNC1C(OCc2ccccc2)=CCc2ccccc21. The third-order valence-electron chi connectivity index (χ3n) is 3.71. The lowest BCUT2D eigenvalue weighted by Crippen LogP contribution is -2.24. The van der Waals surface area contributed by atoms with Gasteiger partial charge in [-0.1, -0.05) is 54.6 Å². The number of hydrogen-bond donors (Lipinski definition) is 1. The molecule has 0 saturated carbocycles. The van der Waals surface area contributed by atoms with Gasteiger partial charge in [0.05, 0.1) is 6.04 Å². The molecule has 1 aliphatic carbocycles. The third kappa shape index (κ3) is 2.61. The van der Waals surface area contributed by atoms with E-state index in [1.54, 1.807) is 0 Å². The summed E-state index contributed by atoms with van der Waals surface area (Å²) in [5.41, 5.74) is 3.89. The van der Waals surface area contributed by atoms with Crippen molar-refractivity contribution >= 4 is 0 Å². The molecule has 2 aromatic carbocycles. The van der Waals surface area contributed by atoms with E-state index in [-0.39, 0.29) is 6.04 Å². The van der Waals surface area contributed by atoms with Crippen LogP contribution in [0.25, 0.3) is 0 Å². The lowest BCUT2D eigenvalue weighted by atomic mass is 9.91. The lowest BCUT2D eigenvalue weighted by Gasteiger charge is -2.27. The maximum atomic E-state index is 6.03. The van der Waals surface area contributed by atoms with E-state index < -0.39 is 0 Å². The molecule has 1 aliphatic rings. The standard InChI is InChI=1S/C18H19NO/c1-19-18-16-10-6-5-9-15(16)11-12-17(18)20-13-14-7-3-2-4-8-14/h2-10,12,18-19H,11,13H2,1H3. The van der Waals surface area contributed by atoms with E-state index in [1.165, 1.54) is 16.7 Å². The molecule has 1 atom stereocenters. The molecule has 2 nitrogen and oxygen atoms in total. The Hall–Kier alpha value is -2.06. The zero-order chi connectivity index (χ0) is 13.8. The van der Waals surface area contributed by atoms with Gasteiger partial charge < -0.3 is 10.1 Å². The van der Waals surface area contributed by atoms with Crippen molar-refractivity contribution in [1.82, 2.24) is 5.32 Å². The van der Waals surface area contributed by atoms with Crippen LogP contribution in [0.4, 0.5) is 0 Å². The maximum absolute atomic E-state index is 6.03. The van der Waals surface area contributed by atoms with Crippen LogP contribution in [-0.2, 0) is 17.8 Å². The molecule has 1 N–H and O–H groups in total. The van der Waals surface area contributed by atoms with E-state index in [1.807, 2.05) is 25.2 Å². The second-order valence-corrected chi connectivity index (χ2v) is 5.01. The zero-order valence-electron chi connectivity index (χ0n) is 11.7. The molecule has 102 valence electrons. The first-order chi connectivity index (χ1) is 9.88. The number of fused-ring (bicyclic) bond motifs is 1. The summed E-state index contributed by atoms with van der Waals surface area (Å²) in [6, 6.07) is 19.0. The molecule has 0 amide bonds. The molecule has 0 spiro atoms. The van der Waals surface area contributed by atoms with Crippen molar-refractivity contribution in [3.63, 3.8) is 0 Å². The van der Waals surface area contributed by atoms with E-state index in [4.69, 9.17) is 4.74 Å². The van der Waals surface area contributed by atoms with Crippen molar-refractivity contribution in [3.05, 3.63) is 83.1 Å². The fourth-order valence-electron chi connectivity index (χ4n) is 2.66. The van der Waals surface area contributed by atoms with Gasteiger partial charge in [-0.2, -0.15) is 0 Å². The Morgan fingerprint density at radius 1 is 1.05 bits per heavy atom. The van der Waals surface area contributed by atoms with Crippen molar-refractivity contribution in [2.24, 2.45) is 0 Å². The lowest BCUT2D eigenvalue weighted by molar-refractivity contribution is 0.171. The van der Waals surface area contributed by atoms with Gasteiger partial charge in [0.15, 0.2) is 0 Å². The van der Waals surface area contributed by atoms with Crippen LogP contribution in [0.2, 0.25) is 0 Å². The summed E-state index contributed by atoms with van der Waals surface area (Å²) < 4.78 is 6.03. The van der Waals surface area contributed by atoms with Gasteiger partial charge in [-0.05, 0) is 36.2 Å². The number of nitrogens with one attached hydrogen (secondary N) is 1. The van der Waals surface area contributed by atoms with E-state index in [9.17, 15) is 0 Å². The molecule has 0 aromatic heterocycles. The highest BCUT2D eigenvalue weighted by atomic mass is 16.5. The second-order valence-electron chi connectivity index (χ2n) is 5.01. The Morgan fingerprint density at radius 3 is 2.60 bits per heavy atom. The van der Waals surface area contributed by atoms with Gasteiger partial charge in [0, 0.05) is 0 Å². The summed E-state index contributed by atoms with van der Waals surface area (Å²) >= 11 is 0. The van der Waals surface area contributed by atoms with E-state index >= 15 is 0 Å². The van der Waals surface area contributed by atoms with Crippen LogP contribution in [-0.4, -0.2) is 7.05 Å². The number of allylic oxidation sites excluding steroid dienone is 1. The topological polar surface area (TPSA) is 21.3 Å². The molecule has 20 heavy (non-hydrogen) atoms. The van der Waals surface area contributed by atoms with Crippen LogP contribution < -0.4 is 5.32 Å². The minimum atomic E-state index is 0.156. The molecule has 0 fully saturated rings. The molecule has 0 radical (unpaired) electrons. The molecule has 0 saturated heterocycles. The summed E-state index contributed by atoms with van der Waals surface area (Å²) in [5.74, 6) is 1.02. The summed E-state index contributed by atoms with van der Waals surface area (Å²) in [5, 5.41) is 3.35. The van der Waals surface area contributed by atoms with Crippen molar-refractivity contribution < 1.29 is 4.74 Å². The van der Waals surface area contributed by atoms with Crippen LogP contribution in [0.15, 0.2) is 66.4 Å². The Kier molecular flexibility index (Phi) is 3.84. The third-order valence-corrected chi connectivity index (χ3v) is 3.71. The zero-order valence-corrected chi connectivity index (χ0v) is 11.7. The average Bonchev–Trinajstić information content (AvgIpc) is 2.53. The Labute approximate surface area is 120 Å². The van der Waals surface area contributed by atoms with Crippen LogP contribution in [0.3, 0.4) is 0 Å². The van der Waals surface area contributed by atoms with Crippen LogP contribution in [0.1, 0.15) is 22.7 Å². The Bertz CT molecular complexity index is 604. The van der Waals surface area contributed by atoms with Gasteiger partial charge in [0.25, 0.3) is 0 Å².